The minimum atomic E-state index is -0.0705. The summed E-state index contributed by atoms with van der Waals surface area (Å²) in [7, 11) is 1.95. The molecular weight excluding hydrogens is 314 g/mol. The monoisotopic (exact) mass is 341 g/mol. The Balaban J connectivity index is 1.78. The van der Waals surface area contributed by atoms with Crippen molar-refractivity contribution in [2.24, 2.45) is 13.0 Å². The van der Waals surface area contributed by atoms with E-state index in [4.69, 9.17) is 0 Å². The number of nitrogens with zero attached hydrogens (tertiary/aromatic N) is 4. The number of piperazine rings is 1. The third kappa shape index (κ3) is 3.58. The van der Waals surface area contributed by atoms with Crippen molar-refractivity contribution in [3.63, 3.8) is 0 Å². The van der Waals surface area contributed by atoms with E-state index in [1.54, 1.807) is 6.20 Å². The van der Waals surface area contributed by atoms with E-state index in [1.807, 2.05) is 48.8 Å². The quantitative estimate of drug-likeness (QED) is 0.921. The number of aromatic nitrogens is 3. The molecule has 2 unspecified atom stereocenters. The number of aryl methyl sites for hydroxylation is 2. The first-order valence-electron chi connectivity index (χ1n) is 8.89. The summed E-state index contributed by atoms with van der Waals surface area (Å²) in [6, 6.07) is 4.03. The second-order valence-corrected chi connectivity index (χ2v) is 6.92. The predicted octanol–water partition coefficient (Wildman–Crippen LogP) is 1.78. The minimum Gasteiger partial charge on any atom is -0.333 e. The minimum absolute atomic E-state index is 0.0495. The molecule has 2 aromatic heterocycles. The van der Waals surface area contributed by atoms with E-state index in [2.05, 4.69) is 22.3 Å². The zero-order valence-corrected chi connectivity index (χ0v) is 15.5. The lowest BCUT2D eigenvalue weighted by Crippen LogP contribution is -2.50. The van der Waals surface area contributed by atoms with Crippen LogP contribution in [-0.4, -0.2) is 45.2 Å². The van der Waals surface area contributed by atoms with Crippen LogP contribution in [0.3, 0.4) is 0 Å². The second-order valence-electron chi connectivity index (χ2n) is 6.92. The van der Waals surface area contributed by atoms with Crippen LogP contribution in [0.1, 0.15) is 35.5 Å². The Morgan fingerprint density at radius 1 is 1.44 bits per heavy atom. The molecule has 1 saturated heterocycles. The van der Waals surface area contributed by atoms with Crippen LogP contribution in [0.25, 0.3) is 0 Å². The van der Waals surface area contributed by atoms with Gasteiger partial charge in [-0.2, -0.15) is 5.10 Å². The number of hydrogen-bond acceptors (Lipinski definition) is 4. The number of carbonyl (C=O) groups is 1. The van der Waals surface area contributed by atoms with Crippen LogP contribution in [0.2, 0.25) is 0 Å². The summed E-state index contributed by atoms with van der Waals surface area (Å²) in [5.41, 5.74) is 4.44. The number of amides is 1. The first kappa shape index (κ1) is 17.6. The van der Waals surface area contributed by atoms with Gasteiger partial charge < -0.3 is 10.2 Å². The number of pyridine rings is 1. The molecule has 0 saturated carbocycles. The lowest BCUT2D eigenvalue weighted by Gasteiger charge is -2.38. The third-order valence-electron chi connectivity index (χ3n) is 5.19. The summed E-state index contributed by atoms with van der Waals surface area (Å²) in [5.74, 6) is 0.136. The Kier molecular flexibility index (Phi) is 5.18. The van der Waals surface area contributed by atoms with Gasteiger partial charge in [0.25, 0.3) is 0 Å². The molecule has 1 aliphatic rings. The molecule has 6 nitrogen and oxygen atoms in total. The molecule has 0 aromatic carbocycles. The SMILES string of the molecule is Cc1nn(C)c(C)c1CC(C)C(=O)N1CCNCC1c1cccnc1. The Morgan fingerprint density at radius 3 is 2.88 bits per heavy atom. The molecule has 3 rings (SSSR count). The van der Waals surface area contributed by atoms with Crippen molar-refractivity contribution in [3.05, 3.63) is 47.0 Å². The standard InChI is InChI=1S/C19H27N5O/c1-13(10-17-14(2)22-23(4)15(17)3)19(25)24-9-8-21-12-18(24)16-6-5-7-20-11-16/h5-7,11,13,18,21H,8-10,12H2,1-4H3. The summed E-state index contributed by atoms with van der Waals surface area (Å²) in [6.45, 7) is 8.44. The molecule has 0 radical (unpaired) electrons. The van der Waals surface area contributed by atoms with Gasteiger partial charge in [0.1, 0.15) is 0 Å². The van der Waals surface area contributed by atoms with E-state index in [0.717, 1.165) is 43.0 Å². The van der Waals surface area contributed by atoms with Crippen molar-refractivity contribution in [2.75, 3.05) is 19.6 Å². The molecule has 25 heavy (non-hydrogen) atoms. The number of rotatable bonds is 4. The molecule has 1 fully saturated rings. The van der Waals surface area contributed by atoms with Crippen molar-refractivity contribution < 1.29 is 4.79 Å². The van der Waals surface area contributed by atoms with Crippen molar-refractivity contribution in [3.8, 4) is 0 Å². The summed E-state index contributed by atoms with van der Waals surface area (Å²) in [4.78, 5) is 19.4. The van der Waals surface area contributed by atoms with Gasteiger partial charge >= 0.3 is 0 Å². The van der Waals surface area contributed by atoms with Gasteiger partial charge in [0.2, 0.25) is 5.91 Å². The number of hydrogen-bond donors (Lipinski definition) is 1. The molecule has 6 heteroatoms. The van der Waals surface area contributed by atoms with Gasteiger partial charge in [0, 0.05) is 50.7 Å². The molecule has 1 aliphatic heterocycles. The van der Waals surface area contributed by atoms with Crippen LogP contribution in [0.5, 0.6) is 0 Å². The fraction of sp³-hybridized carbons (Fsp3) is 0.526. The van der Waals surface area contributed by atoms with Crippen LogP contribution < -0.4 is 5.32 Å². The third-order valence-corrected chi connectivity index (χ3v) is 5.19. The van der Waals surface area contributed by atoms with Gasteiger partial charge in [-0.25, -0.2) is 0 Å². The normalized spacial score (nSPS) is 19.0. The lowest BCUT2D eigenvalue weighted by atomic mass is 9.96. The highest BCUT2D eigenvalue weighted by atomic mass is 16.2. The number of nitrogens with one attached hydrogen (secondary N) is 1. The van der Waals surface area contributed by atoms with E-state index in [-0.39, 0.29) is 17.9 Å². The molecule has 2 aromatic rings. The van der Waals surface area contributed by atoms with Crippen LogP contribution in [0.4, 0.5) is 0 Å². The maximum Gasteiger partial charge on any atom is 0.226 e. The van der Waals surface area contributed by atoms with Gasteiger partial charge in [-0.05, 0) is 37.5 Å². The second kappa shape index (κ2) is 7.35. The largest absolute Gasteiger partial charge is 0.333 e. The lowest BCUT2D eigenvalue weighted by molar-refractivity contribution is -0.138. The Hall–Kier alpha value is -2.21. The van der Waals surface area contributed by atoms with Crippen LogP contribution in [-0.2, 0) is 18.3 Å². The zero-order valence-electron chi connectivity index (χ0n) is 15.5. The average Bonchev–Trinajstić information content (AvgIpc) is 2.88. The van der Waals surface area contributed by atoms with Gasteiger partial charge in [-0.1, -0.05) is 13.0 Å². The molecule has 0 spiro atoms. The molecule has 134 valence electrons. The molecular formula is C19H27N5O. The first-order valence-corrected chi connectivity index (χ1v) is 8.89. The molecule has 3 heterocycles. The smallest absolute Gasteiger partial charge is 0.226 e. The van der Waals surface area contributed by atoms with Crippen LogP contribution >= 0.6 is 0 Å². The van der Waals surface area contributed by atoms with Gasteiger partial charge in [-0.15, -0.1) is 0 Å². The molecule has 1 N–H and O–H groups in total. The van der Waals surface area contributed by atoms with Crippen LogP contribution in [0.15, 0.2) is 24.5 Å². The fourth-order valence-corrected chi connectivity index (χ4v) is 3.63. The summed E-state index contributed by atoms with van der Waals surface area (Å²) in [6.07, 6.45) is 4.36. The average molecular weight is 341 g/mol. The van der Waals surface area contributed by atoms with E-state index in [0.29, 0.717) is 0 Å². The van der Waals surface area contributed by atoms with Crippen molar-refractivity contribution in [2.45, 2.75) is 33.2 Å². The van der Waals surface area contributed by atoms with Crippen LogP contribution in [0, 0.1) is 19.8 Å². The van der Waals surface area contributed by atoms with Gasteiger partial charge in [0.15, 0.2) is 0 Å². The maximum atomic E-state index is 13.2. The predicted molar refractivity (Wildman–Crippen MR) is 97.1 cm³/mol. The van der Waals surface area contributed by atoms with E-state index < -0.39 is 0 Å². The highest BCUT2D eigenvalue weighted by Gasteiger charge is 2.31. The molecule has 2 atom stereocenters. The molecule has 0 bridgehead atoms. The fourth-order valence-electron chi connectivity index (χ4n) is 3.63. The first-order chi connectivity index (χ1) is 12.0. The van der Waals surface area contributed by atoms with E-state index in [9.17, 15) is 4.79 Å². The van der Waals surface area contributed by atoms with Gasteiger partial charge in [-0.3, -0.25) is 14.5 Å². The highest BCUT2D eigenvalue weighted by Crippen LogP contribution is 2.25. The Morgan fingerprint density at radius 2 is 2.24 bits per heavy atom. The number of carbonyl (C=O) groups excluding carboxylic acids is 1. The van der Waals surface area contributed by atoms with Gasteiger partial charge in [0.05, 0.1) is 11.7 Å². The van der Waals surface area contributed by atoms with Crippen molar-refractivity contribution in [1.82, 2.24) is 25.0 Å². The van der Waals surface area contributed by atoms with Crippen molar-refractivity contribution in [1.29, 1.82) is 0 Å². The van der Waals surface area contributed by atoms with Crippen molar-refractivity contribution >= 4 is 5.91 Å². The Bertz CT molecular complexity index is 740. The van der Waals surface area contributed by atoms with E-state index in [1.165, 1.54) is 5.56 Å². The summed E-state index contributed by atoms with van der Waals surface area (Å²) >= 11 is 0. The van der Waals surface area contributed by atoms with E-state index >= 15 is 0 Å². The summed E-state index contributed by atoms with van der Waals surface area (Å²) < 4.78 is 1.89. The topological polar surface area (TPSA) is 63.1 Å². The zero-order chi connectivity index (χ0) is 18.0. The highest BCUT2D eigenvalue weighted by molar-refractivity contribution is 5.79. The molecule has 0 aliphatic carbocycles. The Labute approximate surface area is 149 Å². The summed E-state index contributed by atoms with van der Waals surface area (Å²) in [5, 5.41) is 7.86. The molecule has 1 amide bonds. The maximum absolute atomic E-state index is 13.2.